The van der Waals surface area contributed by atoms with E-state index in [2.05, 4.69) is 10.6 Å². The first kappa shape index (κ1) is 16.7. The van der Waals surface area contributed by atoms with E-state index in [0.717, 1.165) is 0 Å². The number of urea groups is 1. The van der Waals surface area contributed by atoms with E-state index < -0.39 is 12.0 Å². The van der Waals surface area contributed by atoms with Gasteiger partial charge in [0, 0.05) is 22.0 Å². The molecule has 1 aromatic carbocycles. The molecule has 3 N–H and O–H groups in total. The Morgan fingerprint density at radius 1 is 1.35 bits per heavy atom. The van der Waals surface area contributed by atoms with Crippen molar-refractivity contribution in [3.8, 4) is 0 Å². The minimum atomic E-state index is -1.10. The topological polar surface area (TPSA) is 78.4 Å². The highest BCUT2D eigenvalue weighted by atomic mass is 35.5. The molecule has 0 atom stereocenters. The van der Waals surface area contributed by atoms with Crippen LogP contribution in [0, 0.1) is 0 Å². The third-order valence-electron chi connectivity index (χ3n) is 2.63. The van der Waals surface area contributed by atoms with Gasteiger partial charge in [-0.15, -0.1) is 0 Å². The number of hydrogen-bond acceptors (Lipinski definition) is 3. The fourth-order valence-electron chi connectivity index (χ4n) is 1.33. The fraction of sp³-hybridized carbons (Fsp3) is 0.385. The van der Waals surface area contributed by atoms with Crippen molar-refractivity contribution in [3.63, 3.8) is 0 Å². The van der Waals surface area contributed by atoms with E-state index in [-0.39, 0.29) is 15.3 Å². The minimum Gasteiger partial charge on any atom is -0.478 e. The molecule has 0 saturated heterocycles. The standard InChI is InChI=1S/C13H17ClN2O3S/c1-13(2,20-3)7-15-12(19)16-10-5-8(11(17)18)4-9(14)6-10/h4-6H,7H2,1-3H3,(H,17,18)(H2,15,16,19). The summed E-state index contributed by atoms with van der Waals surface area (Å²) in [7, 11) is 0. The maximum atomic E-state index is 11.7. The number of halogens is 1. The van der Waals surface area contributed by atoms with Crippen molar-refractivity contribution in [1.29, 1.82) is 0 Å². The first-order chi connectivity index (χ1) is 9.23. The zero-order valence-corrected chi connectivity index (χ0v) is 13.1. The fourth-order valence-corrected chi connectivity index (χ4v) is 1.78. The van der Waals surface area contributed by atoms with E-state index in [1.54, 1.807) is 11.8 Å². The van der Waals surface area contributed by atoms with Gasteiger partial charge in [-0.3, -0.25) is 0 Å². The summed E-state index contributed by atoms with van der Waals surface area (Å²) in [5, 5.41) is 14.5. The number of rotatable bonds is 5. The molecule has 0 radical (unpaired) electrons. The molecule has 2 amide bonds. The van der Waals surface area contributed by atoms with Crippen LogP contribution in [0.25, 0.3) is 0 Å². The van der Waals surface area contributed by atoms with Crippen molar-refractivity contribution >= 4 is 41.1 Å². The molecular formula is C13H17ClN2O3S. The van der Waals surface area contributed by atoms with Gasteiger partial charge in [-0.1, -0.05) is 11.6 Å². The summed E-state index contributed by atoms with van der Waals surface area (Å²) in [5.74, 6) is -1.10. The molecule has 0 aromatic heterocycles. The van der Waals surface area contributed by atoms with E-state index >= 15 is 0 Å². The summed E-state index contributed by atoms with van der Waals surface area (Å²) in [6.45, 7) is 4.52. The summed E-state index contributed by atoms with van der Waals surface area (Å²) < 4.78 is -0.0715. The van der Waals surface area contributed by atoms with Crippen molar-refractivity contribution in [1.82, 2.24) is 5.32 Å². The first-order valence-corrected chi connectivity index (χ1v) is 7.48. The van der Waals surface area contributed by atoms with Crippen LogP contribution in [0.1, 0.15) is 24.2 Å². The molecule has 7 heteroatoms. The Balaban J connectivity index is 2.69. The Morgan fingerprint density at radius 2 is 2.00 bits per heavy atom. The van der Waals surface area contributed by atoms with E-state index in [1.165, 1.54) is 18.2 Å². The highest BCUT2D eigenvalue weighted by Gasteiger charge is 2.17. The summed E-state index contributed by atoms with van der Waals surface area (Å²) in [6.07, 6.45) is 1.97. The second-order valence-corrected chi connectivity index (χ2v) is 6.76. The average Bonchev–Trinajstić information content (AvgIpc) is 2.36. The van der Waals surface area contributed by atoms with Crippen molar-refractivity contribution in [3.05, 3.63) is 28.8 Å². The summed E-state index contributed by atoms with van der Waals surface area (Å²) >= 11 is 7.45. The Hall–Kier alpha value is -1.40. The van der Waals surface area contributed by atoms with Gasteiger partial charge in [0.25, 0.3) is 0 Å². The van der Waals surface area contributed by atoms with Crippen LogP contribution in [-0.4, -0.2) is 34.7 Å². The normalized spacial score (nSPS) is 11.0. The predicted octanol–water partition coefficient (Wildman–Crippen LogP) is 3.30. The zero-order chi connectivity index (χ0) is 15.3. The van der Waals surface area contributed by atoms with Gasteiger partial charge in [-0.2, -0.15) is 11.8 Å². The van der Waals surface area contributed by atoms with Crippen molar-refractivity contribution in [2.45, 2.75) is 18.6 Å². The number of amides is 2. The molecule has 0 heterocycles. The zero-order valence-electron chi connectivity index (χ0n) is 11.5. The Morgan fingerprint density at radius 3 is 2.55 bits per heavy atom. The largest absolute Gasteiger partial charge is 0.478 e. The van der Waals surface area contributed by atoms with Crippen LogP contribution in [0.3, 0.4) is 0 Å². The molecule has 5 nitrogen and oxygen atoms in total. The maximum absolute atomic E-state index is 11.7. The number of anilines is 1. The molecule has 0 unspecified atom stereocenters. The molecular weight excluding hydrogens is 300 g/mol. The van der Waals surface area contributed by atoms with E-state index in [4.69, 9.17) is 16.7 Å². The van der Waals surface area contributed by atoms with Crippen LogP contribution in [0.15, 0.2) is 18.2 Å². The van der Waals surface area contributed by atoms with Gasteiger partial charge in [-0.05, 0) is 38.3 Å². The number of benzene rings is 1. The number of hydrogen-bond donors (Lipinski definition) is 3. The number of nitrogens with one attached hydrogen (secondary N) is 2. The van der Waals surface area contributed by atoms with E-state index in [0.29, 0.717) is 12.2 Å². The lowest BCUT2D eigenvalue weighted by molar-refractivity contribution is 0.0697. The van der Waals surface area contributed by atoms with Gasteiger partial charge >= 0.3 is 12.0 Å². The highest BCUT2D eigenvalue weighted by molar-refractivity contribution is 7.99. The van der Waals surface area contributed by atoms with Crippen molar-refractivity contribution in [2.24, 2.45) is 0 Å². The molecule has 1 rings (SSSR count). The van der Waals surface area contributed by atoms with Crippen molar-refractivity contribution in [2.75, 3.05) is 18.1 Å². The predicted molar refractivity (Wildman–Crippen MR) is 83.0 cm³/mol. The van der Waals surface area contributed by atoms with Gasteiger partial charge in [0.2, 0.25) is 0 Å². The molecule has 0 aliphatic rings. The Kier molecular flexibility index (Phi) is 5.71. The summed E-state index contributed by atoms with van der Waals surface area (Å²) in [6, 6.07) is 3.77. The molecule has 0 aliphatic carbocycles. The number of carbonyl (C=O) groups is 2. The summed E-state index contributed by atoms with van der Waals surface area (Å²) in [5.41, 5.74) is 0.367. The molecule has 0 bridgehead atoms. The molecule has 0 spiro atoms. The number of aromatic carboxylic acids is 1. The lowest BCUT2D eigenvalue weighted by Crippen LogP contribution is -2.38. The number of carboxylic acids is 1. The number of carboxylic acid groups (broad SMARTS) is 1. The van der Waals surface area contributed by atoms with Gasteiger partial charge in [0.15, 0.2) is 0 Å². The third kappa shape index (κ3) is 5.30. The van der Waals surface area contributed by atoms with Gasteiger partial charge in [0.05, 0.1) is 5.56 Å². The molecule has 0 saturated carbocycles. The Labute approximate surface area is 127 Å². The monoisotopic (exact) mass is 316 g/mol. The van der Waals surface area contributed by atoms with E-state index in [1.807, 2.05) is 20.1 Å². The smallest absolute Gasteiger partial charge is 0.335 e. The highest BCUT2D eigenvalue weighted by Crippen LogP contribution is 2.21. The lowest BCUT2D eigenvalue weighted by atomic mass is 10.2. The quantitative estimate of drug-likeness (QED) is 0.778. The molecule has 1 aromatic rings. The molecule has 110 valence electrons. The van der Waals surface area contributed by atoms with E-state index in [9.17, 15) is 9.59 Å². The van der Waals surface area contributed by atoms with Crippen LogP contribution >= 0.6 is 23.4 Å². The molecule has 20 heavy (non-hydrogen) atoms. The second-order valence-electron chi connectivity index (χ2n) is 4.81. The SMILES string of the molecule is CSC(C)(C)CNC(=O)Nc1cc(Cl)cc(C(=O)O)c1. The number of thioether (sulfide) groups is 1. The van der Waals surface area contributed by atoms with Crippen molar-refractivity contribution < 1.29 is 14.7 Å². The van der Waals surface area contributed by atoms with Crippen LogP contribution in [-0.2, 0) is 0 Å². The van der Waals surface area contributed by atoms with Gasteiger partial charge in [0.1, 0.15) is 0 Å². The van der Waals surface area contributed by atoms with Crippen LogP contribution in [0.5, 0.6) is 0 Å². The second kappa shape index (κ2) is 6.85. The molecule has 0 aliphatic heterocycles. The van der Waals surface area contributed by atoms with Crippen LogP contribution in [0.2, 0.25) is 5.02 Å². The third-order valence-corrected chi connectivity index (χ3v) is 4.10. The van der Waals surface area contributed by atoms with Gasteiger partial charge < -0.3 is 15.7 Å². The Bertz CT molecular complexity index is 520. The first-order valence-electron chi connectivity index (χ1n) is 5.87. The molecule has 0 fully saturated rings. The summed E-state index contributed by atoms with van der Waals surface area (Å²) in [4.78, 5) is 22.6. The number of carbonyl (C=O) groups excluding carboxylic acids is 1. The van der Waals surface area contributed by atoms with Crippen LogP contribution < -0.4 is 10.6 Å². The lowest BCUT2D eigenvalue weighted by Gasteiger charge is -2.22. The van der Waals surface area contributed by atoms with Gasteiger partial charge in [-0.25, -0.2) is 9.59 Å². The minimum absolute atomic E-state index is 0.0252. The average molecular weight is 317 g/mol. The maximum Gasteiger partial charge on any atom is 0.335 e. The van der Waals surface area contributed by atoms with Crippen LogP contribution in [0.4, 0.5) is 10.5 Å².